The van der Waals surface area contributed by atoms with Gasteiger partial charge in [-0.3, -0.25) is 0 Å². The monoisotopic (exact) mass is 486 g/mol. The van der Waals surface area contributed by atoms with Crippen molar-refractivity contribution in [2.24, 2.45) is 5.92 Å². The minimum absolute atomic E-state index is 0.112. The summed E-state index contributed by atoms with van der Waals surface area (Å²) in [5.74, 6) is -3.37. The quantitative estimate of drug-likeness (QED) is 0.455. The highest BCUT2D eigenvalue weighted by Gasteiger charge is 2.49. The molecule has 12 heteroatoms. The molecule has 0 radical (unpaired) electrons. The van der Waals surface area contributed by atoms with E-state index in [-0.39, 0.29) is 27.8 Å². The molecule has 0 saturated heterocycles. The fraction of sp³-hybridized carbons (Fsp3) is 0.300. The zero-order chi connectivity index (χ0) is 23.7. The van der Waals surface area contributed by atoms with Gasteiger partial charge in [-0.15, -0.1) is 11.3 Å². The summed E-state index contributed by atoms with van der Waals surface area (Å²) in [6.45, 7) is 2.72. The molecule has 8 nitrogen and oxygen atoms in total. The molecule has 1 fully saturated rings. The summed E-state index contributed by atoms with van der Waals surface area (Å²) in [6, 6.07) is 13.7. The van der Waals surface area contributed by atoms with Crippen molar-refractivity contribution in [3.8, 4) is 10.6 Å². The van der Waals surface area contributed by atoms with Crippen molar-refractivity contribution in [2.45, 2.75) is 35.9 Å². The second-order valence-corrected chi connectivity index (χ2v) is 10.3. The van der Waals surface area contributed by atoms with Crippen LogP contribution < -0.4 is 4.72 Å². The first-order chi connectivity index (χ1) is 14.9. The average molecular weight is 487 g/mol. The molecule has 4 rings (SSSR count). The van der Waals surface area contributed by atoms with Gasteiger partial charge in [0, 0.05) is 24.9 Å². The van der Waals surface area contributed by atoms with Crippen molar-refractivity contribution in [2.75, 3.05) is 0 Å². The predicted molar refractivity (Wildman–Crippen MR) is 112 cm³/mol. The fourth-order valence-electron chi connectivity index (χ4n) is 3.27. The molecule has 1 aromatic carbocycles. The number of carboxylic acid groups (broad SMARTS) is 2. The molecule has 3 atom stereocenters. The molecule has 3 aromatic rings. The lowest BCUT2D eigenvalue weighted by Gasteiger charge is -2.04. The molecular formula is C20H20F2N2O6S2. The Hall–Kier alpha value is -2.83. The van der Waals surface area contributed by atoms with E-state index in [4.69, 9.17) is 15.0 Å². The number of alkyl halides is 2. The largest absolute Gasteiger partial charge is 0.503 e. The van der Waals surface area contributed by atoms with Gasteiger partial charge in [0.1, 0.15) is 9.90 Å². The Kier molecular flexibility index (Phi) is 6.67. The number of aromatic nitrogens is 1. The maximum Gasteiger partial charge on any atom is 0.503 e. The maximum atomic E-state index is 13.3. The Morgan fingerprint density at radius 3 is 2.38 bits per heavy atom. The second-order valence-electron chi connectivity index (χ2n) is 7.31. The number of sulfonamides is 1. The van der Waals surface area contributed by atoms with Crippen LogP contribution in [0.2, 0.25) is 0 Å². The number of nitrogens with zero attached hydrogens (tertiary/aromatic N) is 1. The SMILES string of the molecule is C[C@H]1[C@H](NS(=O)(=O)c2ccc(-c3cc(C(C)(F)F)on3)s2)[C@H]1c1ccccc1.O=C(O)O. The van der Waals surface area contributed by atoms with E-state index in [1.807, 2.05) is 37.3 Å². The molecule has 172 valence electrons. The van der Waals surface area contributed by atoms with Crippen LogP contribution in [-0.4, -0.2) is 36.0 Å². The number of rotatable bonds is 6. The van der Waals surface area contributed by atoms with Crippen LogP contribution in [0.15, 0.2) is 57.3 Å². The van der Waals surface area contributed by atoms with Gasteiger partial charge in [-0.25, -0.2) is 17.9 Å². The van der Waals surface area contributed by atoms with Crippen molar-refractivity contribution in [3.63, 3.8) is 0 Å². The number of halogens is 2. The summed E-state index contributed by atoms with van der Waals surface area (Å²) in [6.07, 6.45) is -1.83. The first-order valence-electron chi connectivity index (χ1n) is 9.34. The van der Waals surface area contributed by atoms with E-state index >= 15 is 0 Å². The zero-order valence-electron chi connectivity index (χ0n) is 16.9. The summed E-state index contributed by atoms with van der Waals surface area (Å²) in [7, 11) is -3.72. The molecule has 1 saturated carbocycles. The summed E-state index contributed by atoms with van der Waals surface area (Å²) < 4.78 is 59.7. The molecule has 2 heterocycles. The number of benzene rings is 1. The first-order valence-corrected chi connectivity index (χ1v) is 11.6. The van der Waals surface area contributed by atoms with Crippen LogP contribution in [0.4, 0.5) is 13.6 Å². The third kappa shape index (κ3) is 5.50. The van der Waals surface area contributed by atoms with Gasteiger partial charge in [-0.05, 0) is 23.6 Å². The minimum Gasteiger partial charge on any atom is -0.450 e. The molecule has 0 spiro atoms. The highest BCUT2D eigenvalue weighted by molar-refractivity contribution is 7.91. The first kappa shape index (κ1) is 23.8. The van der Waals surface area contributed by atoms with E-state index in [1.54, 1.807) is 6.07 Å². The van der Waals surface area contributed by atoms with Crippen LogP contribution in [0, 0.1) is 5.92 Å². The van der Waals surface area contributed by atoms with Crippen molar-refractivity contribution in [1.82, 2.24) is 9.88 Å². The Balaban J connectivity index is 0.000000668. The lowest BCUT2D eigenvalue weighted by molar-refractivity contribution is -0.0105. The standard InChI is InChI=1S/C19H18F2N2O3S2.CH2O3/c1-11-17(12-6-4-3-5-7-12)18(11)23-28(24,25)16-9-8-14(27-16)13-10-15(26-22-13)19(2,20)21;2-1(3)4/h3-11,17-18,23H,1-2H3;(H2,2,3,4)/t11-,17-,18+;/m1./s1. The number of nitrogens with one attached hydrogen (secondary N) is 1. The van der Waals surface area contributed by atoms with Gasteiger partial charge in [0.05, 0.1) is 4.88 Å². The minimum atomic E-state index is -3.72. The van der Waals surface area contributed by atoms with Crippen LogP contribution in [0.25, 0.3) is 10.6 Å². The summed E-state index contributed by atoms with van der Waals surface area (Å²) in [5.41, 5.74) is 1.29. The van der Waals surface area contributed by atoms with Gasteiger partial charge in [-0.1, -0.05) is 42.4 Å². The number of hydrogen-bond donors (Lipinski definition) is 3. The summed E-state index contributed by atoms with van der Waals surface area (Å²) in [4.78, 5) is 9.00. The molecule has 32 heavy (non-hydrogen) atoms. The second kappa shape index (κ2) is 8.96. The van der Waals surface area contributed by atoms with E-state index < -0.39 is 27.9 Å². The van der Waals surface area contributed by atoms with Gasteiger partial charge in [0.25, 0.3) is 0 Å². The lowest BCUT2D eigenvalue weighted by atomic mass is 10.1. The summed E-state index contributed by atoms with van der Waals surface area (Å²) >= 11 is 0.967. The predicted octanol–water partition coefficient (Wildman–Crippen LogP) is 4.82. The highest BCUT2D eigenvalue weighted by Crippen LogP contribution is 2.48. The fourth-order valence-corrected chi connectivity index (χ4v) is 5.89. The molecule has 1 aliphatic carbocycles. The normalized spacial score (nSPS) is 20.3. The Bertz CT molecular complexity index is 1180. The third-order valence-electron chi connectivity index (χ3n) is 4.90. The van der Waals surface area contributed by atoms with Crippen molar-refractivity contribution < 1.29 is 36.7 Å². The zero-order valence-corrected chi connectivity index (χ0v) is 18.5. The average Bonchev–Trinajstić information content (AvgIpc) is 3.15. The van der Waals surface area contributed by atoms with Crippen LogP contribution >= 0.6 is 11.3 Å². The number of thiophene rings is 1. The summed E-state index contributed by atoms with van der Waals surface area (Å²) in [5, 5.41) is 17.6. The van der Waals surface area contributed by atoms with Gasteiger partial charge in [0.15, 0.2) is 0 Å². The third-order valence-corrected chi connectivity index (χ3v) is 7.96. The van der Waals surface area contributed by atoms with Gasteiger partial charge < -0.3 is 14.7 Å². The van der Waals surface area contributed by atoms with Gasteiger partial charge in [0.2, 0.25) is 15.8 Å². The Labute approximate surface area is 186 Å². The molecule has 0 bridgehead atoms. The van der Waals surface area contributed by atoms with E-state index in [2.05, 4.69) is 14.4 Å². The van der Waals surface area contributed by atoms with Crippen LogP contribution in [0.5, 0.6) is 0 Å². The molecule has 0 aliphatic heterocycles. The lowest BCUT2D eigenvalue weighted by Crippen LogP contribution is -2.27. The van der Waals surface area contributed by atoms with Crippen LogP contribution in [0.3, 0.4) is 0 Å². The Morgan fingerprint density at radius 1 is 1.19 bits per heavy atom. The van der Waals surface area contributed by atoms with Crippen LogP contribution in [-0.2, 0) is 15.9 Å². The van der Waals surface area contributed by atoms with E-state index in [9.17, 15) is 17.2 Å². The smallest absolute Gasteiger partial charge is 0.450 e. The van der Waals surface area contributed by atoms with Crippen molar-refractivity contribution in [3.05, 3.63) is 59.9 Å². The molecular weight excluding hydrogens is 466 g/mol. The topological polar surface area (TPSA) is 130 Å². The molecule has 3 N–H and O–H groups in total. The number of carbonyl (C=O) groups is 1. The van der Waals surface area contributed by atoms with Crippen molar-refractivity contribution in [1.29, 1.82) is 0 Å². The van der Waals surface area contributed by atoms with E-state index in [0.717, 1.165) is 23.0 Å². The number of hydrogen-bond acceptors (Lipinski definition) is 6. The molecule has 2 aromatic heterocycles. The molecule has 1 aliphatic rings. The molecule has 0 amide bonds. The highest BCUT2D eigenvalue weighted by atomic mass is 32.2. The van der Waals surface area contributed by atoms with Gasteiger partial charge in [-0.2, -0.15) is 8.78 Å². The van der Waals surface area contributed by atoms with Gasteiger partial charge >= 0.3 is 12.1 Å². The Morgan fingerprint density at radius 2 is 1.81 bits per heavy atom. The molecule has 0 unspecified atom stereocenters. The van der Waals surface area contributed by atoms with Crippen LogP contribution in [0.1, 0.15) is 31.1 Å². The van der Waals surface area contributed by atoms with E-state index in [1.165, 1.54) is 6.07 Å². The van der Waals surface area contributed by atoms with E-state index in [0.29, 0.717) is 11.8 Å². The van der Waals surface area contributed by atoms with Crippen molar-refractivity contribution >= 4 is 27.5 Å². The maximum absolute atomic E-state index is 13.3.